The monoisotopic (exact) mass is 300 g/mol. The second-order valence-electron chi connectivity index (χ2n) is 3.96. The normalized spacial score (nSPS) is 11.9. The molecule has 0 atom stereocenters. The highest BCUT2D eigenvalue weighted by atomic mass is 32.2. The molecule has 9 heteroatoms. The van der Waals surface area contributed by atoms with Crippen LogP contribution >= 0.6 is 0 Å². The molecule has 1 amide bonds. The molecule has 0 saturated heterocycles. The minimum atomic E-state index is -3.65. The van der Waals surface area contributed by atoms with Crippen molar-refractivity contribution in [1.82, 2.24) is 14.5 Å². The van der Waals surface area contributed by atoms with Crippen LogP contribution < -0.4 is 10.1 Å². The molecule has 0 saturated carbocycles. The van der Waals surface area contributed by atoms with Crippen molar-refractivity contribution in [2.75, 3.05) is 20.6 Å². The lowest BCUT2D eigenvalue weighted by Gasteiger charge is -2.11. The Bertz CT molecular complexity index is 598. The molecule has 3 N–H and O–H groups in total. The number of phenols is 1. The highest BCUT2D eigenvalue weighted by Crippen LogP contribution is 2.12. The van der Waals surface area contributed by atoms with E-state index in [1.54, 1.807) is 18.2 Å². The summed E-state index contributed by atoms with van der Waals surface area (Å²) in [6.45, 7) is -0.432. The first-order chi connectivity index (χ1) is 9.33. The van der Waals surface area contributed by atoms with E-state index in [0.29, 0.717) is 5.56 Å². The third-order valence-electron chi connectivity index (χ3n) is 2.23. The molecule has 0 heterocycles. The zero-order valence-electron chi connectivity index (χ0n) is 11.1. The van der Waals surface area contributed by atoms with Crippen LogP contribution in [-0.4, -0.2) is 50.6 Å². The number of para-hydroxylation sites is 1. The van der Waals surface area contributed by atoms with E-state index >= 15 is 0 Å². The third-order valence-corrected chi connectivity index (χ3v) is 3.70. The molecule has 0 radical (unpaired) electrons. The summed E-state index contributed by atoms with van der Waals surface area (Å²) in [5.41, 5.74) is 2.58. The standard InChI is InChI=1S/C11H16N4O4S/c1-15(2)20(18,19)13-8-11(17)14-12-7-9-5-3-4-6-10(9)16/h3-7,13,16H,8H2,1-2H3,(H,14,17). The number of amides is 1. The summed E-state index contributed by atoms with van der Waals surface area (Å²) in [5, 5.41) is 13.1. The molecule has 0 aliphatic rings. The number of hydrogen-bond donors (Lipinski definition) is 3. The quantitative estimate of drug-likeness (QED) is 0.473. The number of aromatic hydroxyl groups is 1. The molecule has 1 rings (SSSR count). The maximum Gasteiger partial charge on any atom is 0.279 e. The topological polar surface area (TPSA) is 111 Å². The smallest absolute Gasteiger partial charge is 0.279 e. The molecule has 1 aromatic carbocycles. The maximum atomic E-state index is 11.4. The zero-order chi connectivity index (χ0) is 15.2. The predicted molar refractivity (Wildman–Crippen MR) is 74.5 cm³/mol. The molecular weight excluding hydrogens is 284 g/mol. The fourth-order valence-electron chi connectivity index (χ4n) is 1.10. The average molecular weight is 300 g/mol. The van der Waals surface area contributed by atoms with Crippen LogP contribution in [0.25, 0.3) is 0 Å². The minimum absolute atomic E-state index is 0.0267. The molecule has 0 aliphatic heterocycles. The van der Waals surface area contributed by atoms with Crippen LogP contribution in [0, 0.1) is 0 Å². The van der Waals surface area contributed by atoms with E-state index < -0.39 is 22.7 Å². The molecule has 0 aromatic heterocycles. The van der Waals surface area contributed by atoms with E-state index in [2.05, 4.69) is 15.2 Å². The SMILES string of the molecule is CN(C)S(=O)(=O)NCC(=O)NN=Cc1ccccc1O. The second-order valence-corrected chi connectivity index (χ2v) is 5.93. The number of carbonyl (C=O) groups excluding carboxylic acids is 1. The lowest BCUT2D eigenvalue weighted by Crippen LogP contribution is -2.41. The molecule has 1 aromatic rings. The van der Waals surface area contributed by atoms with Crippen molar-refractivity contribution in [3.05, 3.63) is 29.8 Å². The maximum absolute atomic E-state index is 11.4. The lowest BCUT2D eigenvalue weighted by molar-refractivity contribution is -0.119. The molecule has 0 spiro atoms. The van der Waals surface area contributed by atoms with Gasteiger partial charge < -0.3 is 5.11 Å². The van der Waals surface area contributed by atoms with Gasteiger partial charge in [-0.15, -0.1) is 0 Å². The number of hydrazone groups is 1. The van der Waals surface area contributed by atoms with Crippen molar-refractivity contribution in [1.29, 1.82) is 0 Å². The van der Waals surface area contributed by atoms with Gasteiger partial charge in [-0.25, -0.2) is 5.43 Å². The third kappa shape index (κ3) is 4.96. The van der Waals surface area contributed by atoms with Gasteiger partial charge in [0.05, 0.1) is 12.8 Å². The van der Waals surface area contributed by atoms with Gasteiger partial charge in [0, 0.05) is 19.7 Å². The first kappa shape index (κ1) is 16.1. The first-order valence-electron chi connectivity index (χ1n) is 5.60. The number of phenolic OH excluding ortho intramolecular Hbond substituents is 1. The van der Waals surface area contributed by atoms with Gasteiger partial charge in [-0.3, -0.25) is 4.79 Å². The summed E-state index contributed by atoms with van der Waals surface area (Å²) in [6, 6.07) is 6.45. The fraction of sp³-hybridized carbons (Fsp3) is 0.273. The van der Waals surface area contributed by atoms with Gasteiger partial charge in [-0.2, -0.15) is 22.5 Å². The number of carbonyl (C=O) groups is 1. The number of nitrogens with one attached hydrogen (secondary N) is 2. The van der Waals surface area contributed by atoms with E-state index in [-0.39, 0.29) is 5.75 Å². The van der Waals surface area contributed by atoms with Gasteiger partial charge in [-0.1, -0.05) is 12.1 Å². The Morgan fingerprint density at radius 3 is 2.65 bits per heavy atom. The van der Waals surface area contributed by atoms with E-state index in [1.165, 1.54) is 26.4 Å². The van der Waals surface area contributed by atoms with E-state index in [9.17, 15) is 18.3 Å². The van der Waals surface area contributed by atoms with Crippen molar-refractivity contribution in [2.45, 2.75) is 0 Å². The molecule has 0 bridgehead atoms. The Kier molecular flexibility index (Phi) is 5.62. The molecule has 0 fully saturated rings. The van der Waals surface area contributed by atoms with Crippen LogP contribution in [0.4, 0.5) is 0 Å². The molecule has 110 valence electrons. The minimum Gasteiger partial charge on any atom is -0.507 e. The molecular formula is C11H16N4O4S. The van der Waals surface area contributed by atoms with Gasteiger partial charge in [-0.05, 0) is 12.1 Å². The number of rotatable bonds is 6. The van der Waals surface area contributed by atoms with Gasteiger partial charge in [0.15, 0.2) is 0 Å². The van der Waals surface area contributed by atoms with Crippen LogP contribution in [0.3, 0.4) is 0 Å². The highest BCUT2D eigenvalue weighted by molar-refractivity contribution is 7.87. The number of hydrogen-bond acceptors (Lipinski definition) is 5. The largest absolute Gasteiger partial charge is 0.507 e. The fourth-order valence-corrected chi connectivity index (χ4v) is 1.67. The number of benzene rings is 1. The van der Waals surface area contributed by atoms with E-state index in [0.717, 1.165) is 4.31 Å². The summed E-state index contributed by atoms with van der Waals surface area (Å²) in [6.07, 6.45) is 1.26. The van der Waals surface area contributed by atoms with E-state index in [4.69, 9.17) is 0 Å². The van der Waals surface area contributed by atoms with Gasteiger partial charge in [0.2, 0.25) is 0 Å². The lowest BCUT2D eigenvalue weighted by atomic mass is 10.2. The summed E-state index contributed by atoms with van der Waals surface area (Å²) in [5.74, 6) is -0.596. The van der Waals surface area contributed by atoms with Gasteiger partial charge >= 0.3 is 0 Å². The average Bonchev–Trinajstić information content (AvgIpc) is 2.38. The Labute approximate surface area is 117 Å². The van der Waals surface area contributed by atoms with E-state index in [1.807, 2.05) is 0 Å². The summed E-state index contributed by atoms with van der Waals surface area (Å²) in [4.78, 5) is 11.4. The van der Waals surface area contributed by atoms with Gasteiger partial charge in [0.25, 0.3) is 16.1 Å². The number of nitrogens with zero attached hydrogens (tertiary/aromatic N) is 2. The molecule has 20 heavy (non-hydrogen) atoms. The van der Waals surface area contributed by atoms with Crippen LogP contribution in [-0.2, 0) is 15.0 Å². The van der Waals surface area contributed by atoms with Crippen LogP contribution in [0.15, 0.2) is 29.4 Å². The molecule has 8 nitrogen and oxygen atoms in total. The Morgan fingerprint density at radius 1 is 1.40 bits per heavy atom. The summed E-state index contributed by atoms with van der Waals surface area (Å²) >= 11 is 0. The van der Waals surface area contributed by atoms with Crippen molar-refractivity contribution < 1.29 is 18.3 Å². The van der Waals surface area contributed by atoms with Crippen LogP contribution in [0.1, 0.15) is 5.56 Å². The summed E-state index contributed by atoms with van der Waals surface area (Å²) in [7, 11) is -0.959. The van der Waals surface area contributed by atoms with Crippen molar-refractivity contribution >= 4 is 22.3 Å². The molecule has 0 unspecified atom stereocenters. The van der Waals surface area contributed by atoms with Crippen LogP contribution in [0.2, 0.25) is 0 Å². The predicted octanol–water partition coefficient (Wildman–Crippen LogP) is -0.762. The van der Waals surface area contributed by atoms with Crippen molar-refractivity contribution in [2.24, 2.45) is 5.10 Å². The van der Waals surface area contributed by atoms with Gasteiger partial charge in [0.1, 0.15) is 5.75 Å². The Morgan fingerprint density at radius 2 is 2.05 bits per heavy atom. The van der Waals surface area contributed by atoms with Crippen molar-refractivity contribution in [3.8, 4) is 5.75 Å². The van der Waals surface area contributed by atoms with Crippen molar-refractivity contribution in [3.63, 3.8) is 0 Å². The first-order valence-corrected chi connectivity index (χ1v) is 7.04. The zero-order valence-corrected chi connectivity index (χ0v) is 11.9. The summed E-state index contributed by atoms with van der Waals surface area (Å²) < 4.78 is 25.7. The second kappa shape index (κ2) is 6.98. The molecule has 0 aliphatic carbocycles. The van der Waals surface area contributed by atoms with Crippen LogP contribution in [0.5, 0.6) is 5.75 Å². The Hall–Kier alpha value is -1.97. The highest BCUT2D eigenvalue weighted by Gasteiger charge is 2.13. The Balaban J connectivity index is 2.47.